The van der Waals surface area contributed by atoms with Crippen LogP contribution >= 0.6 is 11.3 Å². The van der Waals surface area contributed by atoms with Crippen LogP contribution < -0.4 is 10.2 Å². The van der Waals surface area contributed by atoms with E-state index in [-0.39, 0.29) is 0 Å². The number of ether oxygens (including phenoxy) is 1. The molecule has 1 aromatic rings. The average Bonchev–Trinajstić information content (AvgIpc) is 2.83. The van der Waals surface area contributed by atoms with E-state index in [2.05, 4.69) is 31.0 Å². The van der Waals surface area contributed by atoms with Gasteiger partial charge in [0.25, 0.3) is 0 Å². The lowest BCUT2D eigenvalue weighted by atomic mass is 10.2. The van der Waals surface area contributed by atoms with Gasteiger partial charge in [-0.2, -0.15) is 0 Å². The molecule has 1 aliphatic rings. The Hall–Kier alpha value is -0.650. The zero-order valence-electron chi connectivity index (χ0n) is 12.9. The molecule has 2 heterocycles. The van der Waals surface area contributed by atoms with E-state index in [9.17, 15) is 0 Å². The number of nitrogens with zero attached hydrogens (tertiary/aromatic N) is 2. The number of morpholine rings is 1. The van der Waals surface area contributed by atoms with Crippen molar-refractivity contribution in [2.45, 2.75) is 52.7 Å². The maximum Gasteiger partial charge on any atom is 0.185 e. The monoisotopic (exact) mass is 297 g/mol. The van der Waals surface area contributed by atoms with Crippen LogP contribution in [-0.2, 0) is 17.7 Å². The van der Waals surface area contributed by atoms with Crippen molar-refractivity contribution in [3.05, 3.63) is 10.6 Å². The van der Waals surface area contributed by atoms with Crippen molar-refractivity contribution in [1.29, 1.82) is 0 Å². The third-order valence-electron chi connectivity index (χ3n) is 3.48. The summed E-state index contributed by atoms with van der Waals surface area (Å²) in [5.41, 5.74) is 1.29. The average molecular weight is 297 g/mol. The number of aryl methyl sites for hydroxylation is 1. The zero-order valence-corrected chi connectivity index (χ0v) is 13.8. The minimum atomic E-state index is 0.309. The molecule has 2 rings (SSSR count). The molecule has 1 N–H and O–H groups in total. The van der Waals surface area contributed by atoms with Gasteiger partial charge < -0.3 is 15.0 Å². The van der Waals surface area contributed by atoms with Crippen molar-refractivity contribution in [2.24, 2.45) is 0 Å². The number of rotatable bonds is 7. The normalized spacial score (nSPS) is 19.6. The summed E-state index contributed by atoms with van der Waals surface area (Å²) in [4.78, 5) is 8.67. The first kappa shape index (κ1) is 15.7. The van der Waals surface area contributed by atoms with Gasteiger partial charge in [0.15, 0.2) is 5.13 Å². The first-order valence-electron chi connectivity index (χ1n) is 7.80. The number of aromatic nitrogens is 1. The van der Waals surface area contributed by atoms with Gasteiger partial charge in [0, 0.05) is 24.5 Å². The molecule has 0 aliphatic carbocycles. The molecule has 1 fully saturated rings. The van der Waals surface area contributed by atoms with Crippen molar-refractivity contribution in [1.82, 2.24) is 10.3 Å². The van der Waals surface area contributed by atoms with Gasteiger partial charge in [-0.3, -0.25) is 0 Å². The molecule has 1 atom stereocenters. The molecule has 0 amide bonds. The van der Waals surface area contributed by atoms with Gasteiger partial charge in [0.05, 0.1) is 18.4 Å². The Morgan fingerprint density at radius 2 is 2.25 bits per heavy atom. The smallest absolute Gasteiger partial charge is 0.185 e. The Balaban J connectivity index is 2.06. The summed E-state index contributed by atoms with van der Waals surface area (Å²) in [7, 11) is 0. The van der Waals surface area contributed by atoms with Crippen molar-refractivity contribution in [2.75, 3.05) is 31.1 Å². The number of thiazole rings is 1. The van der Waals surface area contributed by atoms with E-state index < -0.39 is 0 Å². The zero-order chi connectivity index (χ0) is 14.4. The van der Waals surface area contributed by atoms with Gasteiger partial charge in [0.1, 0.15) is 0 Å². The Morgan fingerprint density at radius 1 is 1.40 bits per heavy atom. The molecule has 0 saturated carbocycles. The van der Waals surface area contributed by atoms with Gasteiger partial charge in [-0.25, -0.2) is 4.98 Å². The largest absolute Gasteiger partial charge is 0.375 e. The molecule has 114 valence electrons. The molecule has 5 heteroatoms. The van der Waals surface area contributed by atoms with E-state index in [0.29, 0.717) is 6.10 Å². The van der Waals surface area contributed by atoms with Crippen LogP contribution in [0.2, 0.25) is 0 Å². The first-order valence-corrected chi connectivity index (χ1v) is 8.62. The lowest BCUT2D eigenvalue weighted by molar-refractivity contribution is 0.0532. The molecule has 0 aromatic carbocycles. The SMILES string of the molecule is CCCNCc1sc(N2CCOC(C)C2)nc1CCC. The lowest BCUT2D eigenvalue weighted by Gasteiger charge is -2.30. The highest BCUT2D eigenvalue weighted by Gasteiger charge is 2.21. The molecule has 1 unspecified atom stereocenters. The van der Waals surface area contributed by atoms with E-state index in [1.807, 2.05) is 11.3 Å². The molecule has 0 radical (unpaired) electrons. The van der Waals surface area contributed by atoms with Crippen molar-refractivity contribution in [3.8, 4) is 0 Å². The summed E-state index contributed by atoms with van der Waals surface area (Å²) >= 11 is 1.86. The van der Waals surface area contributed by atoms with Gasteiger partial charge >= 0.3 is 0 Å². The highest BCUT2D eigenvalue weighted by atomic mass is 32.1. The Bertz CT molecular complexity index is 408. The predicted molar refractivity (Wildman–Crippen MR) is 85.7 cm³/mol. The summed E-state index contributed by atoms with van der Waals surface area (Å²) in [6.07, 6.45) is 3.72. The number of anilines is 1. The van der Waals surface area contributed by atoms with Crippen LogP contribution in [0.4, 0.5) is 5.13 Å². The number of nitrogens with one attached hydrogen (secondary N) is 1. The molecular formula is C15H27N3OS. The maximum absolute atomic E-state index is 5.62. The van der Waals surface area contributed by atoms with E-state index in [4.69, 9.17) is 9.72 Å². The van der Waals surface area contributed by atoms with Crippen LogP contribution in [0, 0.1) is 0 Å². The Morgan fingerprint density at radius 3 is 2.95 bits per heavy atom. The molecular weight excluding hydrogens is 270 g/mol. The Kier molecular flexibility index (Phi) is 6.26. The van der Waals surface area contributed by atoms with Crippen molar-refractivity contribution in [3.63, 3.8) is 0 Å². The molecule has 1 saturated heterocycles. The fraction of sp³-hybridized carbons (Fsp3) is 0.800. The third-order valence-corrected chi connectivity index (χ3v) is 4.64. The minimum Gasteiger partial charge on any atom is -0.375 e. The summed E-state index contributed by atoms with van der Waals surface area (Å²) in [5, 5.41) is 4.68. The molecule has 1 aliphatic heterocycles. The standard InChI is InChI=1S/C15H27N3OS/c1-4-6-13-14(10-16-7-5-2)20-15(17-13)18-8-9-19-12(3)11-18/h12,16H,4-11H2,1-3H3. The summed E-state index contributed by atoms with van der Waals surface area (Å²) < 4.78 is 5.62. The quantitative estimate of drug-likeness (QED) is 0.785. The highest BCUT2D eigenvalue weighted by molar-refractivity contribution is 7.15. The fourth-order valence-corrected chi connectivity index (χ4v) is 3.56. The molecule has 0 spiro atoms. The van der Waals surface area contributed by atoms with Gasteiger partial charge in [0.2, 0.25) is 0 Å². The number of hydrogen-bond donors (Lipinski definition) is 1. The highest BCUT2D eigenvalue weighted by Crippen LogP contribution is 2.28. The van der Waals surface area contributed by atoms with E-state index in [1.165, 1.54) is 22.1 Å². The van der Waals surface area contributed by atoms with Crippen LogP contribution in [-0.4, -0.2) is 37.3 Å². The van der Waals surface area contributed by atoms with Crippen LogP contribution in [0.1, 0.15) is 44.2 Å². The van der Waals surface area contributed by atoms with Crippen molar-refractivity contribution >= 4 is 16.5 Å². The van der Waals surface area contributed by atoms with Crippen LogP contribution in [0.3, 0.4) is 0 Å². The molecule has 0 bridgehead atoms. The van der Waals surface area contributed by atoms with E-state index in [0.717, 1.165) is 45.6 Å². The second-order valence-corrected chi connectivity index (χ2v) is 6.48. The second-order valence-electron chi connectivity index (χ2n) is 5.42. The van der Waals surface area contributed by atoms with E-state index in [1.54, 1.807) is 0 Å². The van der Waals surface area contributed by atoms with Crippen LogP contribution in [0.5, 0.6) is 0 Å². The summed E-state index contributed by atoms with van der Waals surface area (Å²) in [6.45, 7) is 11.3. The van der Waals surface area contributed by atoms with E-state index >= 15 is 0 Å². The van der Waals surface area contributed by atoms with Crippen LogP contribution in [0.25, 0.3) is 0 Å². The fourth-order valence-electron chi connectivity index (χ4n) is 2.45. The molecule has 4 nitrogen and oxygen atoms in total. The van der Waals surface area contributed by atoms with Gasteiger partial charge in [-0.15, -0.1) is 11.3 Å². The predicted octanol–water partition coefficient (Wildman–Crippen LogP) is 2.82. The maximum atomic E-state index is 5.62. The van der Waals surface area contributed by atoms with Crippen LogP contribution in [0.15, 0.2) is 0 Å². The first-order chi connectivity index (χ1) is 9.74. The minimum absolute atomic E-state index is 0.309. The second kappa shape index (κ2) is 7.96. The molecule has 1 aromatic heterocycles. The van der Waals surface area contributed by atoms with Crippen molar-refractivity contribution < 1.29 is 4.74 Å². The van der Waals surface area contributed by atoms with Gasteiger partial charge in [-0.05, 0) is 26.3 Å². The van der Waals surface area contributed by atoms with Gasteiger partial charge in [-0.1, -0.05) is 20.3 Å². The topological polar surface area (TPSA) is 37.4 Å². The third kappa shape index (κ3) is 4.17. The lowest BCUT2D eigenvalue weighted by Crippen LogP contribution is -2.41. The molecule has 20 heavy (non-hydrogen) atoms. The Labute approximate surface area is 126 Å². The summed E-state index contributed by atoms with van der Waals surface area (Å²) in [6, 6.07) is 0. The number of hydrogen-bond acceptors (Lipinski definition) is 5. The summed E-state index contributed by atoms with van der Waals surface area (Å²) in [5.74, 6) is 0.